The zero-order valence-electron chi connectivity index (χ0n) is 10.4. The number of imide groups is 1. The highest BCUT2D eigenvalue weighted by molar-refractivity contribution is 8.00. The molecule has 1 aromatic heterocycles. The Kier molecular flexibility index (Phi) is 3.02. The molecule has 98 valence electrons. The zero-order valence-corrected chi connectivity index (χ0v) is 11.2. The molecular weight excluding hydrogens is 262 g/mol. The van der Waals surface area contributed by atoms with Crippen LogP contribution in [0.4, 0.5) is 0 Å². The topological polar surface area (TPSA) is 64.0 Å². The molecule has 3 rings (SSSR count). The van der Waals surface area contributed by atoms with E-state index in [1.807, 2.05) is 35.9 Å². The van der Waals surface area contributed by atoms with Gasteiger partial charge in [-0.15, -0.1) is 0 Å². The number of carbonyl (C=O) groups excluding carboxylic acids is 2. The molecule has 1 aromatic carbocycles. The standard InChI is InChI=1S/C13H13N3O2S/c1-16-9-5-3-2-4-8(9)14-13(16)19-10-6-7-11(17)15-12(10)18/h2-5,10H,6-7H2,1H3,(H,15,17,18). The Morgan fingerprint density at radius 1 is 1.37 bits per heavy atom. The monoisotopic (exact) mass is 275 g/mol. The van der Waals surface area contributed by atoms with Crippen LogP contribution < -0.4 is 5.32 Å². The quantitative estimate of drug-likeness (QED) is 0.843. The number of nitrogens with zero attached hydrogens (tertiary/aromatic N) is 2. The predicted molar refractivity (Wildman–Crippen MR) is 72.7 cm³/mol. The summed E-state index contributed by atoms with van der Waals surface area (Å²) in [7, 11) is 1.93. The van der Waals surface area contributed by atoms with Crippen molar-refractivity contribution in [2.24, 2.45) is 7.05 Å². The normalized spacial score (nSPS) is 19.7. The molecule has 1 saturated heterocycles. The predicted octanol–water partition coefficient (Wildman–Crippen LogP) is 1.47. The summed E-state index contributed by atoms with van der Waals surface area (Å²) in [6.07, 6.45) is 0.964. The maximum atomic E-state index is 11.7. The summed E-state index contributed by atoms with van der Waals surface area (Å²) in [4.78, 5) is 27.4. The van der Waals surface area contributed by atoms with Crippen LogP contribution in [-0.2, 0) is 16.6 Å². The number of rotatable bonds is 2. The zero-order chi connectivity index (χ0) is 13.4. The Hall–Kier alpha value is -1.82. The van der Waals surface area contributed by atoms with Gasteiger partial charge in [0.05, 0.1) is 16.3 Å². The fourth-order valence-corrected chi connectivity index (χ4v) is 3.21. The van der Waals surface area contributed by atoms with Gasteiger partial charge in [-0.1, -0.05) is 23.9 Å². The third-order valence-electron chi connectivity index (χ3n) is 3.18. The van der Waals surface area contributed by atoms with E-state index in [0.29, 0.717) is 12.8 Å². The van der Waals surface area contributed by atoms with Gasteiger partial charge >= 0.3 is 0 Å². The minimum Gasteiger partial charge on any atom is -0.322 e. The van der Waals surface area contributed by atoms with Crippen molar-refractivity contribution in [2.75, 3.05) is 0 Å². The van der Waals surface area contributed by atoms with Gasteiger partial charge in [0, 0.05) is 13.5 Å². The second kappa shape index (κ2) is 4.70. The van der Waals surface area contributed by atoms with Crippen molar-refractivity contribution in [3.8, 4) is 0 Å². The highest BCUT2D eigenvalue weighted by Crippen LogP contribution is 2.29. The third-order valence-corrected chi connectivity index (χ3v) is 4.49. The number of aromatic nitrogens is 2. The third kappa shape index (κ3) is 2.23. The van der Waals surface area contributed by atoms with Crippen molar-refractivity contribution < 1.29 is 9.59 Å². The summed E-state index contributed by atoms with van der Waals surface area (Å²) in [5.41, 5.74) is 1.96. The number of fused-ring (bicyclic) bond motifs is 1. The first-order valence-corrected chi connectivity index (χ1v) is 6.95. The largest absolute Gasteiger partial charge is 0.322 e. The van der Waals surface area contributed by atoms with Crippen molar-refractivity contribution in [3.05, 3.63) is 24.3 Å². The second-order valence-electron chi connectivity index (χ2n) is 4.50. The molecule has 0 bridgehead atoms. The van der Waals surface area contributed by atoms with Crippen LogP contribution in [0.5, 0.6) is 0 Å². The van der Waals surface area contributed by atoms with Crippen LogP contribution in [0.25, 0.3) is 11.0 Å². The lowest BCUT2D eigenvalue weighted by molar-refractivity contribution is -0.132. The van der Waals surface area contributed by atoms with Crippen molar-refractivity contribution in [1.29, 1.82) is 0 Å². The molecule has 0 saturated carbocycles. The molecule has 0 spiro atoms. The molecule has 0 aliphatic carbocycles. The number of hydrogen-bond donors (Lipinski definition) is 1. The summed E-state index contributed by atoms with van der Waals surface area (Å²) in [6, 6.07) is 7.85. The fraction of sp³-hybridized carbons (Fsp3) is 0.308. The Labute approximate surface area is 114 Å². The van der Waals surface area contributed by atoms with Gasteiger partial charge in [0.25, 0.3) is 0 Å². The number of thioether (sulfide) groups is 1. The first-order valence-electron chi connectivity index (χ1n) is 6.07. The maximum Gasteiger partial charge on any atom is 0.240 e. The van der Waals surface area contributed by atoms with Crippen LogP contribution in [-0.4, -0.2) is 26.6 Å². The number of hydrogen-bond acceptors (Lipinski definition) is 4. The summed E-state index contributed by atoms with van der Waals surface area (Å²) in [5.74, 6) is -0.403. The van der Waals surface area contributed by atoms with E-state index in [1.54, 1.807) is 0 Å². The van der Waals surface area contributed by atoms with E-state index >= 15 is 0 Å². The Morgan fingerprint density at radius 2 is 2.16 bits per heavy atom. The number of benzene rings is 1. The first-order chi connectivity index (χ1) is 9.15. The molecule has 1 aliphatic heterocycles. The van der Waals surface area contributed by atoms with E-state index < -0.39 is 0 Å². The number of imidazole rings is 1. The Morgan fingerprint density at radius 3 is 2.89 bits per heavy atom. The number of nitrogens with one attached hydrogen (secondary N) is 1. The van der Waals surface area contributed by atoms with Crippen LogP contribution in [0.1, 0.15) is 12.8 Å². The second-order valence-corrected chi connectivity index (χ2v) is 5.67. The van der Waals surface area contributed by atoms with Crippen LogP contribution >= 0.6 is 11.8 Å². The van der Waals surface area contributed by atoms with Crippen molar-refractivity contribution in [3.63, 3.8) is 0 Å². The Balaban J connectivity index is 1.87. The molecule has 0 radical (unpaired) electrons. The molecule has 1 aliphatic rings. The number of amides is 2. The first kappa shape index (κ1) is 12.2. The minimum absolute atomic E-state index is 0.188. The van der Waals surface area contributed by atoms with E-state index in [0.717, 1.165) is 16.2 Å². The summed E-state index contributed by atoms with van der Waals surface area (Å²) in [6.45, 7) is 0. The van der Waals surface area contributed by atoms with E-state index in [9.17, 15) is 9.59 Å². The smallest absolute Gasteiger partial charge is 0.240 e. The molecule has 1 N–H and O–H groups in total. The van der Waals surface area contributed by atoms with Crippen LogP contribution in [0.15, 0.2) is 29.4 Å². The molecule has 19 heavy (non-hydrogen) atoms. The molecule has 1 atom stereocenters. The highest BCUT2D eigenvalue weighted by atomic mass is 32.2. The van der Waals surface area contributed by atoms with Crippen LogP contribution in [0.3, 0.4) is 0 Å². The molecule has 2 amide bonds. The van der Waals surface area contributed by atoms with Gasteiger partial charge < -0.3 is 4.57 Å². The molecule has 2 aromatic rings. The van der Waals surface area contributed by atoms with Crippen LogP contribution in [0.2, 0.25) is 0 Å². The van der Waals surface area contributed by atoms with E-state index in [1.165, 1.54) is 11.8 Å². The van der Waals surface area contributed by atoms with Gasteiger partial charge in [-0.25, -0.2) is 4.98 Å². The summed E-state index contributed by atoms with van der Waals surface area (Å²) in [5, 5.41) is 2.93. The van der Waals surface area contributed by atoms with Gasteiger partial charge in [0.2, 0.25) is 11.8 Å². The number of para-hydroxylation sites is 2. The highest BCUT2D eigenvalue weighted by Gasteiger charge is 2.28. The van der Waals surface area contributed by atoms with Gasteiger partial charge in [-0.05, 0) is 18.6 Å². The molecule has 5 nitrogen and oxygen atoms in total. The van der Waals surface area contributed by atoms with Gasteiger partial charge in [0.1, 0.15) is 0 Å². The molecule has 6 heteroatoms. The number of piperidine rings is 1. The van der Waals surface area contributed by atoms with Gasteiger partial charge in [-0.3, -0.25) is 14.9 Å². The number of aryl methyl sites for hydroxylation is 1. The van der Waals surface area contributed by atoms with Gasteiger partial charge in [-0.2, -0.15) is 0 Å². The lowest BCUT2D eigenvalue weighted by Gasteiger charge is -2.19. The van der Waals surface area contributed by atoms with E-state index in [2.05, 4.69) is 10.3 Å². The van der Waals surface area contributed by atoms with E-state index in [4.69, 9.17) is 0 Å². The van der Waals surface area contributed by atoms with E-state index in [-0.39, 0.29) is 17.1 Å². The van der Waals surface area contributed by atoms with Gasteiger partial charge in [0.15, 0.2) is 5.16 Å². The molecule has 2 heterocycles. The summed E-state index contributed by atoms with van der Waals surface area (Å²) < 4.78 is 1.98. The molecule has 1 unspecified atom stereocenters. The maximum absolute atomic E-state index is 11.7. The van der Waals surface area contributed by atoms with Crippen LogP contribution in [0, 0.1) is 0 Å². The van der Waals surface area contributed by atoms with Crippen molar-refractivity contribution in [1.82, 2.24) is 14.9 Å². The Bertz CT molecular complexity index is 665. The number of carbonyl (C=O) groups is 2. The molecule has 1 fully saturated rings. The average Bonchev–Trinajstić information content (AvgIpc) is 2.70. The SMILES string of the molecule is Cn1c(SC2CCC(=O)NC2=O)nc2ccccc21. The molecular formula is C13H13N3O2S. The average molecular weight is 275 g/mol. The van der Waals surface area contributed by atoms with Crippen molar-refractivity contribution >= 4 is 34.6 Å². The lowest BCUT2D eigenvalue weighted by atomic mass is 10.1. The van der Waals surface area contributed by atoms with Crippen molar-refractivity contribution in [2.45, 2.75) is 23.2 Å². The lowest BCUT2D eigenvalue weighted by Crippen LogP contribution is -2.42. The minimum atomic E-state index is -0.242. The summed E-state index contributed by atoms with van der Waals surface area (Å²) >= 11 is 1.41. The fourth-order valence-electron chi connectivity index (χ4n) is 2.14.